The van der Waals surface area contributed by atoms with Crippen LogP contribution in [-0.4, -0.2) is 56.7 Å². The van der Waals surface area contributed by atoms with E-state index in [9.17, 15) is 9.59 Å². The number of rotatable bonds is 4. The van der Waals surface area contributed by atoms with Gasteiger partial charge in [-0.15, -0.1) is 5.10 Å². The van der Waals surface area contributed by atoms with Gasteiger partial charge in [0, 0.05) is 18.7 Å². The number of carbonyl (C=O) groups excluding carboxylic acids is 2. The van der Waals surface area contributed by atoms with Gasteiger partial charge >= 0.3 is 5.97 Å². The van der Waals surface area contributed by atoms with Gasteiger partial charge in [-0.2, -0.15) is 0 Å². The lowest BCUT2D eigenvalue weighted by molar-refractivity contribution is -0.152. The molecule has 4 rings (SSSR count). The molecule has 0 bridgehead atoms. The summed E-state index contributed by atoms with van der Waals surface area (Å²) in [4.78, 5) is 27.3. The van der Waals surface area contributed by atoms with Crippen LogP contribution in [0.1, 0.15) is 24.2 Å². The van der Waals surface area contributed by atoms with E-state index in [4.69, 9.17) is 4.74 Å². The molecule has 0 unspecified atom stereocenters. The third-order valence-electron chi connectivity index (χ3n) is 5.68. The molecule has 1 aromatic heterocycles. The number of carbonyl (C=O) groups is 2. The average Bonchev–Trinajstić information content (AvgIpc) is 3.37. The zero-order valence-corrected chi connectivity index (χ0v) is 15.9. The molecule has 1 aliphatic heterocycles. The van der Waals surface area contributed by atoms with Crippen molar-refractivity contribution in [3.05, 3.63) is 48.3 Å². The third-order valence-corrected chi connectivity index (χ3v) is 5.68. The Kier molecular flexibility index (Phi) is 4.93. The van der Waals surface area contributed by atoms with Crippen molar-refractivity contribution in [3.8, 4) is 5.69 Å². The fourth-order valence-corrected chi connectivity index (χ4v) is 4.28. The van der Waals surface area contributed by atoms with Gasteiger partial charge < -0.3 is 9.64 Å². The number of esters is 1. The van der Waals surface area contributed by atoms with E-state index >= 15 is 0 Å². The van der Waals surface area contributed by atoms with E-state index < -0.39 is 0 Å². The Morgan fingerprint density at radius 1 is 1.18 bits per heavy atom. The quantitative estimate of drug-likeness (QED) is 0.592. The fraction of sp³-hybridized carbons (Fsp3) is 0.450. The van der Waals surface area contributed by atoms with Crippen molar-refractivity contribution >= 4 is 11.9 Å². The zero-order chi connectivity index (χ0) is 19.7. The van der Waals surface area contributed by atoms with Gasteiger partial charge in [0.1, 0.15) is 6.33 Å². The Bertz CT molecular complexity index is 878. The minimum atomic E-state index is -0.199. The number of hydrogen-bond donors (Lipinski definition) is 0. The first-order valence-electron chi connectivity index (χ1n) is 9.56. The first kappa shape index (κ1) is 18.3. The number of nitrogens with zero attached hydrogens (tertiary/aromatic N) is 5. The van der Waals surface area contributed by atoms with Crippen LogP contribution < -0.4 is 0 Å². The number of hydrogen-bond acceptors (Lipinski definition) is 6. The van der Waals surface area contributed by atoms with Gasteiger partial charge in [0.15, 0.2) is 0 Å². The Labute approximate surface area is 163 Å². The van der Waals surface area contributed by atoms with Crippen LogP contribution in [-0.2, 0) is 9.53 Å². The zero-order valence-electron chi connectivity index (χ0n) is 15.9. The van der Waals surface area contributed by atoms with Crippen LogP contribution in [0.5, 0.6) is 0 Å². The maximum absolute atomic E-state index is 13.0. The summed E-state index contributed by atoms with van der Waals surface area (Å²) in [7, 11) is 0. The molecule has 1 aliphatic carbocycles. The molecule has 146 valence electrons. The van der Waals surface area contributed by atoms with E-state index in [0.717, 1.165) is 5.69 Å². The highest BCUT2D eigenvalue weighted by atomic mass is 16.5. The molecule has 1 aromatic carbocycles. The van der Waals surface area contributed by atoms with Crippen molar-refractivity contribution < 1.29 is 14.3 Å². The van der Waals surface area contributed by atoms with Crippen molar-refractivity contribution in [2.75, 3.05) is 19.7 Å². The number of aromatic nitrogens is 4. The van der Waals surface area contributed by atoms with E-state index in [1.54, 1.807) is 12.1 Å². The van der Waals surface area contributed by atoms with Crippen molar-refractivity contribution in [3.63, 3.8) is 0 Å². The van der Waals surface area contributed by atoms with Crippen LogP contribution in [0.4, 0.5) is 0 Å². The monoisotopic (exact) mass is 381 g/mol. The van der Waals surface area contributed by atoms with E-state index in [2.05, 4.69) is 27.7 Å². The normalized spacial score (nSPS) is 26.1. The van der Waals surface area contributed by atoms with E-state index in [0.29, 0.717) is 25.3 Å². The molecule has 28 heavy (non-hydrogen) atoms. The summed E-state index contributed by atoms with van der Waals surface area (Å²) in [6.07, 6.45) is 5.74. The van der Waals surface area contributed by atoms with E-state index in [1.165, 1.54) is 11.0 Å². The summed E-state index contributed by atoms with van der Waals surface area (Å²) in [5, 5.41) is 11.1. The summed E-state index contributed by atoms with van der Waals surface area (Å²) >= 11 is 0. The standard InChI is InChI=1S/C20H23N5O3/c1-3-28-20(27)18-13(2)4-5-15-10-24(11-17(15)18)19(26)14-6-8-16(9-7-14)25-12-21-22-23-25/h4-9,12-13,15,17-18H,3,10-11H2,1-2H3/t13-,15-,17-,18-/m0/s1. The summed E-state index contributed by atoms with van der Waals surface area (Å²) < 4.78 is 6.83. The minimum absolute atomic E-state index is 0.0265. The Morgan fingerprint density at radius 2 is 1.96 bits per heavy atom. The number of allylic oxidation sites excluding steroid dienone is 1. The fourth-order valence-electron chi connectivity index (χ4n) is 4.28. The average molecular weight is 381 g/mol. The van der Waals surface area contributed by atoms with Crippen LogP contribution in [0.15, 0.2) is 42.7 Å². The van der Waals surface area contributed by atoms with Crippen LogP contribution >= 0.6 is 0 Å². The number of tetrazole rings is 1. The van der Waals surface area contributed by atoms with Crippen molar-refractivity contribution in [1.82, 2.24) is 25.1 Å². The molecule has 2 heterocycles. The molecular weight excluding hydrogens is 358 g/mol. The van der Waals surface area contributed by atoms with Crippen LogP contribution in [0.25, 0.3) is 5.69 Å². The van der Waals surface area contributed by atoms with Crippen LogP contribution in [0.3, 0.4) is 0 Å². The van der Waals surface area contributed by atoms with Crippen molar-refractivity contribution in [2.24, 2.45) is 23.7 Å². The molecule has 4 atom stereocenters. The number of ether oxygens (including phenoxy) is 1. The molecule has 1 fully saturated rings. The second-order valence-corrected chi connectivity index (χ2v) is 7.36. The van der Waals surface area contributed by atoms with Crippen molar-refractivity contribution in [2.45, 2.75) is 13.8 Å². The molecule has 8 heteroatoms. The first-order valence-corrected chi connectivity index (χ1v) is 9.56. The molecule has 1 amide bonds. The molecule has 0 spiro atoms. The highest BCUT2D eigenvalue weighted by Crippen LogP contribution is 2.40. The Morgan fingerprint density at radius 3 is 2.64 bits per heavy atom. The molecule has 0 radical (unpaired) electrons. The highest BCUT2D eigenvalue weighted by molar-refractivity contribution is 5.94. The maximum atomic E-state index is 13.0. The van der Waals surface area contributed by atoms with Gasteiger partial charge in [0.05, 0.1) is 18.2 Å². The van der Waals surface area contributed by atoms with Gasteiger partial charge in [-0.3, -0.25) is 9.59 Å². The smallest absolute Gasteiger partial charge is 0.309 e. The predicted molar refractivity (Wildman–Crippen MR) is 100 cm³/mol. The molecule has 2 aliphatic rings. The maximum Gasteiger partial charge on any atom is 0.309 e. The predicted octanol–water partition coefficient (Wildman–Crippen LogP) is 1.74. The molecular formula is C20H23N5O3. The first-order chi connectivity index (χ1) is 13.6. The minimum Gasteiger partial charge on any atom is -0.466 e. The molecule has 8 nitrogen and oxygen atoms in total. The van der Waals surface area contributed by atoms with Gasteiger partial charge in [-0.1, -0.05) is 19.1 Å². The van der Waals surface area contributed by atoms with Crippen molar-refractivity contribution in [1.29, 1.82) is 0 Å². The summed E-state index contributed by atoms with van der Waals surface area (Å²) in [6.45, 7) is 5.42. The SMILES string of the molecule is CCOC(=O)[C@@H]1[C@H]2CN(C(=O)c3ccc(-n4cnnn4)cc3)C[C@@H]2C=C[C@@H]1C. The van der Waals surface area contributed by atoms with Crippen LogP contribution in [0.2, 0.25) is 0 Å². The lowest BCUT2D eigenvalue weighted by atomic mass is 9.72. The molecule has 0 N–H and O–H groups in total. The highest BCUT2D eigenvalue weighted by Gasteiger charge is 2.46. The second-order valence-electron chi connectivity index (χ2n) is 7.36. The molecule has 2 aromatic rings. The number of amides is 1. The van der Waals surface area contributed by atoms with E-state index in [-0.39, 0.29) is 35.5 Å². The Hall–Kier alpha value is -3.03. The Balaban J connectivity index is 1.49. The lowest BCUT2D eigenvalue weighted by Crippen LogP contribution is -2.37. The van der Waals surface area contributed by atoms with E-state index in [1.807, 2.05) is 30.9 Å². The van der Waals surface area contributed by atoms with Crippen LogP contribution in [0, 0.1) is 23.7 Å². The van der Waals surface area contributed by atoms with Gasteiger partial charge in [0.25, 0.3) is 5.91 Å². The number of fused-ring (bicyclic) bond motifs is 1. The summed E-state index contributed by atoms with van der Waals surface area (Å²) in [6, 6.07) is 7.19. The van der Waals surface area contributed by atoms with Gasteiger partial charge in [0.2, 0.25) is 0 Å². The lowest BCUT2D eigenvalue weighted by Gasteiger charge is -2.31. The second kappa shape index (κ2) is 7.53. The van der Waals surface area contributed by atoms with Gasteiger partial charge in [-0.25, -0.2) is 4.68 Å². The largest absolute Gasteiger partial charge is 0.466 e. The molecule has 1 saturated heterocycles. The molecule has 0 saturated carbocycles. The summed E-state index contributed by atoms with van der Waals surface area (Å²) in [5.74, 6) is 0.0233. The number of benzene rings is 1. The summed E-state index contributed by atoms with van der Waals surface area (Å²) in [5.41, 5.74) is 1.40. The van der Waals surface area contributed by atoms with Gasteiger partial charge in [-0.05, 0) is 59.4 Å². The third kappa shape index (κ3) is 3.30. The number of likely N-dealkylation sites (tertiary alicyclic amines) is 1. The topological polar surface area (TPSA) is 90.2 Å².